The molecule has 3 heterocycles. The highest BCUT2D eigenvalue weighted by Crippen LogP contribution is 2.42. The standard InChI is InChI=1S/C26H33N5O3/c1-18(2)30-17-31(22-9-4-3-8-21(22)30)25(34)27-19-10-14-29(15-11-19)16-13-26-12-6-5-7-20(26)23(32)28-24(26)33/h3-9,12,18-20H,10-11,13-17H2,1-2H3,(H,27,34)(H,28,32,33). The van der Waals surface area contributed by atoms with Gasteiger partial charge in [0.15, 0.2) is 0 Å². The van der Waals surface area contributed by atoms with Crippen LogP contribution in [0.1, 0.15) is 33.1 Å². The van der Waals surface area contributed by atoms with Crippen molar-refractivity contribution in [3.05, 3.63) is 48.6 Å². The maximum Gasteiger partial charge on any atom is 0.323 e. The highest BCUT2D eigenvalue weighted by atomic mass is 16.2. The van der Waals surface area contributed by atoms with Gasteiger partial charge >= 0.3 is 6.03 Å². The summed E-state index contributed by atoms with van der Waals surface area (Å²) in [5.74, 6) is -0.798. The molecule has 0 spiro atoms. The molecule has 4 amide bonds. The number of nitrogens with one attached hydrogen (secondary N) is 2. The largest absolute Gasteiger partial charge is 0.349 e. The molecule has 180 valence electrons. The molecule has 1 aromatic rings. The smallest absolute Gasteiger partial charge is 0.323 e. The number of hydrogen-bond donors (Lipinski definition) is 2. The third-order valence-electron chi connectivity index (χ3n) is 7.71. The fourth-order valence-corrected chi connectivity index (χ4v) is 5.63. The lowest BCUT2D eigenvalue weighted by Gasteiger charge is -2.36. The monoisotopic (exact) mass is 463 g/mol. The number of fused-ring (bicyclic) bond motifs is 2. The highest BCUT2D eigenvalue weighted by molar-refractivity contribution is 6.09. The van der Waals surface area contributed by atoms with Crippen LogP contribution in [0.3, 0.4) is 0 Å². The third-order valence-corrected chi connectivity index (χ3v) is 7.71. The summed E-state index contributed by atoms with van der Waals surface area (Å²) in [7, 11) is 0. The second-order valence-electron chi connectivity index (χ2n) is 10.0. The summed E-state index contributed by atoms with van der Waals surface area (Å²) in [6, 6.07) is 8.46. The number of rotatable bonds is 5. The van der Waals surface area contributed by atoms with E-state index in [2.05, 4.69) is 40.3 Å². The molecule has 4 aliphatic rings. The number of carbonyl (C=O) groups is 3. The number of piperidine rings is 1. The highest BCUT2D eigenvalue weighted by Gasteiger charge is 2.52. The number of carbonyl (C=O) groups excluding carboxylic acids is 3. The summed E-state index contributed by atoms with van der Waals surface area (Å²) in [5.41, 5.74) is 1.29. The topological polar surface area (TPSA) is 85.0 Å². The Morgan fingerprint density at radius 3 is 2.62 bits per heavy atom. The Morgan fingerprint density at radius 1 is 1.15 bits per heavy atom. The van der Waals surface area contributed by atoms with Crippen molar-refractivity contribution in [2.75, 3.05) is 36.1 Å². The number of imide groups is 1. The normalized spacial score (nSPS) is 26.7. The Hall–Kier alpha value is -3.13. The van der Waals surface area contributed by atoms with Crippen molar-refractivity contribution in [3.8, 4) is 0 Å². The van der Waals surface area contributed by atoms with Gasteiger partial charge in [-0.1, -0.05) is 36.4 Å². The van der Waals surface area contributed by atoms with E-state index in [1.54, 1.807) is 0 Å². The minimum atomic E-state index is -0.762. The Kier molecular flexibility index (Phi) is 5.93. The van der Waals surface area contributed by atoms with Crippen molar-refractivity contribution < 1.29 is 14.4 Å². The first-order chi connectivity index (χ1) is 16.4. The molecule has 1 aliphatic carbocycles. The first-order valence-electron chi connectivity index (χ1n) is 12.3. The number of nitrogens with zero attached hydrogens (tertiary/aromatic N) is 3. The van der Waals surface area contributed by atoms with Crippen molar-refractivity contribution in [1.82, 2.24) is 15.5 Å². The minimum absolute atomic E-state index is 0.0453. The van der Waals surface area contributed by atoms with E-state index in [1.165, 1.54) is 0 Å². The molecular weight excluding hydrogens is 430 g/mol. The van der Waals surface area contributed by atoms with Crippen LogP contribution in [0.2, 0.25) is 0 Å². The number of benzene rings is 1. The number of amides is 4. The minimum Gasteiger partial charge on any atom is -0.349 e. The van der Waals surface area contributed by atoms with E-state index >= 15 is 0 Å². The Bertz CT molecular complexity index is 1040. The quantitative estimate of drug-likeness (QED) is 0.656. The SMILES string of the molecule is CC(C)N1CN(C(=O)NC2CCN(CCC34C=CC=CC3C(=O)NC4=O)CC2)c2ccccc21. The van der Waals surface area contributed by atoms with Gasteiger partial charge in [0.25, 0.3) is 0 Å². The predicted octanol–water partition coefficient (Wildman–Crippen LogP) is 2.63. The van der Waals surface area contributed by atoms with Gasteiger partial charge in [-0.2, -0.15) is 0 Å². The molecule has 8 nitrogen and oxygen atoms in total. The van der Waals surface area contributed by atoms with Gasteiger partial charge in [0.05, 0.1) is 22.7 Å². The van der Waals surface area contributed by atoms with Gasteiger partial charge in [-0.15, -0.1) is 0 Å². The van der Waals surface area contributed by atoms with E-state index in [4.69, 9.17) is 0 Å². The summed E-state index contributed by atoms with van der Waals surface area (Å²) >= 11 is 0. The second-order valence-corrected chi connectivity index (χ2v) is 10.0. The van der Waals surface area contributed by atoms with Crippen LogP contribution in [0.15, 0.2) is 48.6 Å². The van der Waals surface area contributed by atoms with E-state index in [0.29, 0.717) is 19.1 Å². The molecule has 2 fully saturated rings. The zero-order valence-corrected chi connectivity index (χ0v) is 19.9. The zero-order valence-electron chi connectivity index (χ0n) is 19.9. The number of anilines is 2. The van der Waals surface area contributed by atoms with Crippen LogP contribution in [0.4, 0.5) is 16.2 Å². The van der Waals surface area contributed by atoms with Crippen molar-refractivity contribution >= 4 is 29.2 Å². The van der Waals surface area contributed by atoms with Crippen LogP contribution in [0.5, 0.6) is 0 Å². The Balaban J connectivity index is 1.14. The number of likely N-dealkylation sites (tertiary alicyclic amines) is 1. The van der Waals surface area contributed by atoms with Crippen molar-refractivity contribution in [2.45, 2.75) is 45.2 Å². The average Bonchev–Trinajstić information content (AvgIpc) is 3.35. The molecule has 34 heavy (non-hydrogen) atoms. The summed E-state index contributed by atoms with van der Waals surface area (Å²) in [5, 5.41) is 5.75. The van der Waals surface area contributed by atoms with E-state index in [9.17, 15) is 14.4 Å². The van der Waals surface area contributed by atoms with Crippen LogP contribution >= 0.6 is 0 Å². The zero-order chi connectivity index (χ0) is 23.9. The second kappa shape index (κ2) is 8.91. The molecule has 5 rings (SSSR count). The fourth-order valence-electron chi connectivity index (χ4n) is 5.63. The molecule has 0 aromatic heterocycles. The molecular formula is C26H33N5O3. The van der Waals surface area contributed by atoms with Gasteiger partial charge in [-0.25, -0.2) is 4.79 Å². The maximum absolute atomic E-state index is 13.1. The van der Waals surface area contributed by atoms with Gasteiger partial charge in [0, 0.05) is 25.2 Å². The van der Waals surface area contributed by atoms with E-state index in [0.717, 1.165) is 43.9 Å². The van der Waals surface area contributed by atoms with Crippen molar-refractivity contribution in [2.24, 2.45) is 11.3 Å². The molecule has 0 radical (unpaired) electrons. The van der Waals surface area contributed by atoms with Gasteiger partial charge in [-0.05, 0) is 51.8 Å². The number of hydrogen-bond acceptors (Lipinski definition) is 5. The van der Waals surface area contributed by atoms with E-state index in [1.807, 2.05) is 47.4 Å². The van der Waals surface area contributed by atoms with Crippen molar-refractivity contribution in [3.63, 3.8) is 0 Å². The molecule has 2 N–H and O–H groups in total. The van der Waals surface area contributed by atoms with Gasteiger partial charge in [-0.3, -0.25) is 19.8 Å². The molecule has 3 aliphatic heterocycles. The number of para-hydroxylation sites is 2. The molecule has 0 bridgehead atoms. The summed E-state index contributed by atoms with van der Waals surface area (Å²) in [6.07, 6.45) is 9.78. The summed E-state index contributed by atoms with van der Waals surface area (Å²) in [4.78, 5) is 44.3. The van der Waals surface area contributed by atoms with Gasteiger partial charge in [0.2, 0.25) is 11.8 Å². The summed E-state index contributed by atoms with van der Waals surface area (Å²) in [6.45, 7) is 7.30. The fraction of sp³-hybridized carbons (Fsp3) is 0.500. The van der Waals surface area contributed by atoms with Crippen LogP contribution in [0.25, 0.3) is 0 Å². The molecule has 2 atom stereocenters. The third kappa shape index (κ3) is 3.90. The lowest BCUT2D eigenvalue weighted by atomic mass is 9.72. The molecule has 8 heteroatoms. The number of urea groups is 1. The first kappa shape index (κ1) is 22.7. The Labute approximate surface area is 200 Å². The number of allylic oxidation sites excluding steroid dienone is 2. The predicted molar refractivity (Wildman–Crippen MR) is 131 cm³/mol. The molecule has 2 unspecified atom stereocenters. The van der Waals surface area contributed by atoms with Crippen LogP contribution in [0, 0.1) is 11.3 Å². The molecule has 2 saturated heterocycles. The first-order valence-corrected chi connectivity index (χ1v) is 12.3. The maximum atomic E-state index is 13.1. The average molecular weight is 464 g/mol. The van der Waals surface area contributed by atoms with Gasteiger partial charge in [0.1, 0.15) is 6.67 Å². The molecule has 0 saturated carbocycles. The summed E-state index contributed by atoms with van der Waals surface area (Å²) < 4.78 is 0. The van der Waals surface area contributed by atoms with Crippen molar-refractivity contribution in [1.29, 1.82) is 0 Å². The lowest BCUT2D eigenvalue weighted by molar-refractivity contribution is -0.127. The van der Waals surface area contributed by atoms with E-state index in [-0.39, 0.29) is 23.9 Å². The van der Waals surface area contributed by atoms with Gasteiger partial charge < -0.3 is 15.1 Å². The van der Waals surface area contributed by atoms with Crippen LogP contribution in [-0.4, -0.2) is 61.1 Å². The Morgan fingerprint density at radius 2 is 1.88 bits per heavy atom. The molecule has 1 aromatic carbocycles. The lowest BCUT2D eigenvalue weighted by Crippen LogP contribution is -2.51. The van der Waals surface area contributed by atoms with Crippen LogP contribution in [-0.2, 0) is 9.59 Å². The van der Waals surface area contributed by atoms with Crippen LogP contribution < -0.4 is 20.4 Å². The van der Waals surface area contributed by atoms with E-state index < -0.39 is 11.3 Å².